The number of ether oxygens (including phenoxy) is 1. The Morgan fingerprint density at radius 3 is 2.80 bits per heavy atom. The van der Waals surface area contributed by atoms with Gasteiger partial charge in [0.25, 0.3) is 0 Å². The van der Waals surface area contributed by atoms with Crippen molar-refractivity contribution >= 4 is 18.3 Å². The number of piperidine rings is 1. The Bertz CT molecular complexity index is 319. The molecular weight excluding hydrogens is 276 g/mol. The Labute approximate surface area is 128 Å². The number of amides is 1. The third-order valence-electron chi connectivity index (χ3n) is 4.98. The van der Waals surface area contributed by atoms with Crippen LogP contribution in [0.1, 0.15) is 44.9 Å². The first-order valence-corrected chi connectivity index (χ1v) is 7.95. The van der Waals surface area contributed by atoms with E-state index in [0.717, 1.165) is 25.6 Å². The highest BCUT2D eigenvalue weighted by atomic mass is 35.5. The number of fused-ring (bicyclic) bond motifs is 1. The van der Waals surface area contributed by atoms with Gasteiger partial charge in [-0.2, -0.15) is 0 Å². The van der Waals surface area contributed by atoms with Crippen LogP contribution in [0.15, 0.2) is 0 Å². The monoisotopic (exact) mass is 302 g/mol. The van der Waals surface area contributed by atoms with E-state index >= 15 is 0 Å². The summed E-state index contributed by atoms with van der Waals surface area (Å²) in [6.45, 7) is 3.32. The maximum absolute atomic E-state index is 12.6. The fraction of sp³-hybridized carbons (Fsp3) is 0.933. The predicted molar refractivity (Wildman–Crippen MR) is 81.2 cm³/mol. The summed E-state index contributed by atoms with van der Waals surface area (Å²) >= 11 is 0. The molecule has 2 heterocycles. The molecule has 3 fully saturated rings. The van der Waals surface area contributed by atoms with E-state index in [1.165, 1.54) is 38.5 Å². The van der Waals surface area contributed by atoms with E-state index in [1.807, 2.05) is 0 Å². The summed E-state index contributed by atoms with van der Waals surface area (Å²) in [5.74, 6) is 1.13. The molecule has 2 saturated heterocycles. The Morgan fingerprint density at radius 1 is 1.20 bits per heavy atom. The second-order valence-corrected chi connectivity index (χ2v) is 6.27. The second kappa shape index (κ2) is 7.62. The van der Waals surface area contributed by atoms with Gasteiger partial charge in [0.05, 0.1) is 13.2 Å². The number of rotatable bonds is 2. The first kappa shape index (κ1) is 16.1. The third kappa shape index (κ3) is 3.66. The molecule has 116 valence electrons. The van der Waals surface area contributed by atoms with E-state index in [-0.39, 0.29) is 18.4 Å². The predicted octanol–water partition coefficient (Wildman–Crippen LogP) is 1.97. The molecule has 0 aromatic heterocycles. The van der Waals surface area contributed by atoms with E-state index in [1.54, 1.807) is 0 Å². The minimum atomic E-state index is 0. The van der Waals surface area contributed by atoms with Crippen LogP contribution in [-0.4, -0.2) is 49.2 Å². The summed E-state index contributed by atoms with van der Waals surface area (Å²) in [6, 6.07) is 0.768. The number of halogens is 1. The first-order valence-electron chi connectivity index (χ1n) is 7.95. The van der Waals surface area contributed by atoms with Crippen molar-refractivity contribution in [3.05, 3.63) is 0 Å². The molecule has 3 atom stereocenters. The maximum atomic E-state index is 12.6. The van der Waals surface area contributed by atoms with Gasteiger partial charge in [-0.15, -0.1) is 12.4 Å². The molecule has 1 N–H and O–H groups in total. The van der Waals surface area contributed by atoms with Crippen molar-refractivity contribution in [2.45, 2.75) is 57.0 Å². The number of nitrogens with zero attached hydrogens (tertiary/aromatic N) is 1. The fourth-order valence-corrected chi connectivity index (χ4v) is 4.01. The molecule has 3 aliphatic rings. The Balaban J connectivity index is 0.00000147. The molecule has 2 aliphatic heterocycles. The van der Waals surface area contributed by atoms with Crippen molar-refractivity contribution in [3.8, 4) is 0 Å². The zero-order valence-electron chi connectivity index (χ0n) is 12.2. The van der Waals surface area contributed by atoms with Gasteiger partial charge >= 0.3 is 0 Å². The average Bonchev–Trinajstić information content (AvgIpc) is 2.47. The highest BCUT2D eigenvalue weighted by Gasteiger charge is 2.36. The minimum Gasteiger partial charge on any atom is -0.378 e. The van der Waals surface area contributed by atoms with E-state index in [4.69, 9.17) is 4.74 Å². The first-order chi connectivity index (χ1) is 9.34. The van der Waals surface area contributed by atoms with Gasteiger partial charge in [-0.25, -0.2) is 0 Å². The van der Waals surface area contributed by atoms with Crippen molar-refractivity contribution in [2.75, 3.05) is 26.3 Å². The minimum absolute atomic E-state index is 0. The number of hydrogen-bond donors (Lipinski definition) is 1. The van der Waals surface area contributed by atoms with Gasteiger partial charge in [0.2, 0.25) is 5.91 Å². The molecule has 1 saturated carbocycles. The molecule has 0 radical (unpaired) electrons. The van der Waals surface area contributed by atoms with Crippen molar-refractivity contribution in [3.63, 3.8) is 0 Å². The van der Waals surface area contributed by atoms with Gasteiger partial charge < -0.3 is 15.0 Å². The normalized spacial score (nSPS) is 34.0. The van der Waals surface area contributed by atoms with Gasteiger partial charge in [-0.1, -0.05) is 12.8 Å². The molecule has 5 heteroatoms. The lowest BCUT2D eigenvalue weighted by molar-refractivity contribution is -0.138. The third-order valence-corrected chi connectivity index (χ3v) is 4.98. The molecule has 0 spiro atoms. The van der Waals surface area contributed by atoms with Crippen LogP contribution in [0.5, 0.6) is 0 Å². The van der Waals surface area contributed by atoms with Crippen molar-refractivity contribution < 1.29 is 9.53 Å². The van der Waals surface area contributed by atoms with Crippen molar-refractivity contribution in [1.82, 2.24) is 10.2 Å². The summed E-state index contributed by atoms with van der Waals surface area (Å²) < 4.78 is 5.44. The molecule has 0 aromatic rings. The van der Waals surface area contributed by atoms with E-state index in [2.05, 4.69) is 10.2 Å². The lowest BCUT2D eigenvalue weighted by Crippen LogP contribution is -2.52. The summed E-state index contributed by atoms with van der Waals surface area (Å²) in [6.07, 6.45) is 8.37. The van der Waals surface area contributed by atoms with Gasteiger partial charge in [-0.3, -0.25) is 4.79 Å². The molecule has 1 amide bonds. The number of likely N-dealkylation sites (tertiary alicyclic amines) is 1. The number of morpholine rings is 1. The summed E-state index contributed by atoms with van der Waals surface area (Å²) in [7, 11) is 0. The van der Waals surface area contributed by atoms with Crippen molar-refractivity contribution in [1.29, 1.82) is 0 Å². The Hall–Kier alpha value is -0.320. The summed E-state index contributed by atoms with van der Waals surface area (Å²) in [5.41, 5.74) is 0. The van der Waals surface area contributed by atoms with Gasteiger partial charge in [-0.05, 0) is 31.6 Å². The standard InChI is InChI=1S/C15H26N2O2.ClH/c18-15(10-13-11-19-9-7-16-13)17-8-3-5-12-4-1-2-6-14(12)17;/h12-14,16H,1-11H2;1H. The van der Waals surface area contributed by atoms with Crippen LogP contribution in [0.25, 0.3) is 0 Å². The topological polar surface area (TPSA) is 41.6 Å². The average molecular weight is 303 g/mol. The highest BCUT2D eigenvalue weighted by molar-refractivity contribution is 5.85. The highest BCUT2D eigenvalue weighted by Crippen LogP contribution is 2.35. The SMILES string of the molecule is Cl.O=C(CC1COCCN1)N1CCCC2CCCCC21. The van der Waals surface area contributed by atoms with Crippen LogP contribution >= 0.6 is 12.4 Å². The van der Waals surface area contributed by atoms with Crippen LogP contribution in [-0.2, 0) is 9.53 Å². The fourth-order valence-electron chi connectivity index (χ4n) is 4.01. The zero-order chi connectivity index (χ0) is 13.1. The van der Waals surface area contributed by atoms with Crippen molar-refractivity contribution in [2.24, 2.45) is 5.92 Å². The second-order valence-electron chi connectivity index (χ2n) is 6.27. The zero-order valence-corrected chi connectivity index (χ0v) is 13.0. The van der Waals surface area contributed by atoms with E-state index in [9.17, 15) is 4.79 Å². The van der Waals surface area contributed by atoms with E-state index in [0.29, 0.717) is 25.0 Å². The molecule has 3 unspecified atom stereocenters. The lowest BCUT2D eigenvalue weighted by Gasteiger charge is -2.44. The van der Waals surface area contributed by atoms with Gasteiger partial charge in [0.15, 0.2) is 0 Å². The Morgan fingerprint density at radius 2 is 2.00 bits per heavy atom. The molecule has 0 aromatic carbocycles. The molecule has 1 aliphatic carbocycles. The number of carbonyl (C=O) groups excluding carboxylic acids is 1. The number of hydrogen-bond acceptors (Lipinski definition) is 3. The van der Waals surface area contributed by atoms with Crippen LogP contribution < -0.4 is 5.32 Å². The van der Waals surface area contributed by atoms with Crippen LogP contribution in [0.4, 0.5) is 0 Å². The van der Waals surface area contributed by atoms with Crippen LogP contribution in [0.3, 0.4) is 0 Å². The molecular formula is C15H27ClN2O2. The maximum Gasteiger partial charge on any atom is 0.224 e. The molecule has 3 rings (SSSR count). The lowest BCUT2D eigenvalue weighted by atomic mass is 9.78. The molecule has 4 nitrogen and oxygen atoms in total. The van der Waals surface area contributed by atoms with Crippen LogP contribution in [0, 0.1) is 5.92 Å². The summed E-state index contributed by atoms with van der Waals surface area (Å²) in [5, 5.41) is 3.39. The van der Waals surface area contributed by atoms with E-state index < -0.39 is 0 Å². The smallest absolute Gasteiger partial charge is 0.224 e. The number of carbonyl (C=O) groups is 1. The largest absolute Gasteiger partial charge is 0.378 e. The molecule has 20 heavy (non-hydrogen) atoms. The quantitative estimate of drug-likeness (QED) is 0.848. The van der Waals surface area contributed by atoms with Gasteiger partial charge in [0, 0.05) is 31.6 Å². The molecule has 0 bridgehead atoms. The van der Waals surface area contributed by atoms with Gasteiger partial charge in [0.1, 0.15) is 0 Å². The summed E-state index contributed by atoms with van der Waals surface area (Å²) in [4.78, 5) is 14.7. The Kier molecular flexibility index (Phi) is 6.12. The van der Waals surface area contributed by atoms with Crippen LogP contribution in [0.2, 0.25) is 0 Å². The number of nitrogens with one attached hydrogen (secondary N) is 1.